The van der Waals surface area contributed by atoms with E-state index >= 15 is 0 Å². The van der Waals surface area contributed by atoms with Gasteiger partial charge >= 0.3 is 5.97 Å². The van der Waals surface area contributed by atoms with Crippen molar-refractivity contribution in [1.82, 2.24) is 0 Å². The van der Waals surface area contributed by atoms with Crippen LogP contribution in [0.2, 0.25) is 0 Å². The number of ether oxygens (including phenoxy) is 2. The summed E-state index contributed by atoms with van der Waals surface area (Å²) in [4.78, 5) is 22.8. The first-order valence-electron chi connectivity index (χ1n) is 12.9. The van der Waals surface area contributed by atoms with Crippen molar-refractivity contribution in [3.05, 3.63) is 106 Å². The third-order valence-electron chi connectivity index (χ3n) is 6.77. The first-order valence-corrected chi connectivity index (χ1v) is 12.9. The molecule has 0 aliphatic heterocycles. The average molecular weight is 517 g/mol. The maximum Gasteiger partial charge on any atom is 0.337 e. The van der Waals surface area contributed by atoms with Gasteiger partial charge in [0, 0.05) is 23.7 Å². The molecule has 0 heterocycles. The molecule has 0 bridgehead atoms. The van der Waals surface area contributed by atoms with Crippen LogP contribution >= 0.6 is 0 Å². The second-order valence-corrected chi connectivity index (χ2v) is 9.25. The van der Waals surface area contributed by atoms with Gasteiger partial charge in [-0.1, -0.05) is 63.5 Å². The molecule has 0 aromatic heterocycles. The quantitative estimate of drug-likeness (QED) is 0.102. The van der Waals surface area contributed by atoms with Crippen molar-refractivity contribution in [3.63, 3.8) is 0 Å². The molecule has 3 rings (SSSR count). The van der Waals surface area contributed by atoms with E-state index in [9.17, 15) is 14.9 Å². The number of carbonyl (C=O) groups is 1. The Morgan fingerprint density at radius 3 is 2.11 bits per heavy atom. The molecule has 0 saturated heterocycles. The Bertz CT molecular complexity index is 1200. The lowest BCUT2D eigenvalue weighted by Gasteiger charge is -2.31. The smallest absolute Gasteiger partial charge is 0.337 e. The Kier molecular flexibility index (Phi) is 10.5. The molecule has 200 valence electrons. The normalized spacial score (nSPS) is 12.3. The number of hydrogen-bond donors (Lipinski definition) is 1. The van der Waals surface area contributed by atoms with E-state index in [0.29, 0.717) is 5.56 Å². The second-order valence-electron chi connectivity index (χ2n) is 9.25. The van der Waals surface area contributed by atoms with Gasteiger partial charge in [0.25, 0.3) is 5.69 Å². The fourth-order valence-corrected chi connectivity index (χ4v) is 4.57. The molecule has 7 nitrogen and oxygen atoms in total. The van der Waals surface area contributed by atoms with Crippen LogP contribution in [0.4, 0.5) is 11.4 Å². The number of nitrogens with zero attached hydrogens (tertiary/aromatic N) is 1. The number of esters is 1. The number of carbonyl (C=O) groups excluding carboxylic acids is 1. The molecule has 7 heteroatoms. The van der Waals surface area contributed by atoms with Crippen molar-refractivity contribution in [2.45, 2.75) is 45.1 Å². The third-order valence-corrected chi connectivity index (χ3v) is 6.77. The Morgan fingerprint density at radius 1 is 0.921 bits per heavy atom. The van der Waals surface area contributed by atoms with Crippen molar-refractivity contribution in [1.29, 1.82) is 0 Å². The summed E-state index contributed by atoms with van der Waals surface area (Å²) in [5.41, 5.74) is 4.23. The van der Waals surface area contributed by atoms with Crippen molar-refractivity contribution < 1.29 is 19.2 Å². The molecule has 0 aliphatic carbocycles. The minimum Gasteiger partial charge on any atom is -0.497 e. The number of benzene rings is 3. The predicted octanol–water partition coefficient (Wildman–Crippen LogP) is 7.84. The van der Waals surface area contributed by atoms with Gasteiger partial charge in [-0.05, 0) is 59.5 Å². The zero-order valence-electron chi connectivity index (χ0n) is 22.3. The van der Waals surface area contributed by atoms with Gasteiger partial charge in [-0.15, -0.1) is 0 Å². The van der Waals surface area contributed by atoms with Gasteiger partial charge in [0.05, 0.1) is 30.7 Å². The summed E-state index contributed by atoms with van der Waals surface area (Å²) in [5, 5.41) is 15.0. The monoisotopic (exact) mass is 516 g/mol. The molecule has 38 heavy (non-hydrogen) atoms. The minimum absolute atomic E-state index is 0.0145. The first kappa shape index (κ1) is 28.4. The molecule has 0 saturated carbocycles. The van der Waals surface area contributed by atoms with Crippen molar-refractivity contribution in [2.75, 3.05) is 19.5 Å². The van der Waals surface area contributed by atoms with Gasteiger partial charge in [0.2, 0.25) is 0 Å². The Labute approximate surface area is 224 Å². The van der Waals surface area contributed by atoms with Crippen LogP contribution in [0.1, 0.15) is 66.6 Å². The van der Waals surface area contributed by atoms with Gasteiger partial charge in [-0.3, -0.25) is 10.1 Å². The lowest BCUT2D eigenvalue weighted by Crippen LogP contribution is -2.22. The summed E-state index contributed by atoms with van der Waals surface area (Å²) >= 11 is 0. The number of nitrogens with one attached hydrogen (secondary N) is 1. The number of unbranched alkanes of at least 4 members (excludes halogenated alkanes) is 3. The van der Waals surface area contributed by atoms with Crippen molar-refractivity contribution >= 4 is 22.9 Å². The minimum atomic E-state index is -0.389. The highest BCUT2D eigenvalue weighted by Gasteiger charge is 2.27. The van der Waals surface area contributed by atoms with Crippen LogP contribution < -0.4 is 10.1 Å². The summed E-state index contributed by atoms with van der Waals surface area (Å²) in [7, 11) is 2.99. The van der Waals surface area contributed by atoms with Crippen LogP contribution in [0, 0.1) is 16.0 Å². The highest BCUT2D eigenvalue weighted by atomic mass is 16.6. The Hall–Kier alpha value is -4.13. The van der Waals surface area contributed by atoms with Crippen LogP contribution in [-0.2, 0) is 4.74 Å². The van der Waals surface area contributed by atoms with E-state index < -0.39 is 0 Å². The molecule has 0 aliphatic rings. The summed E-state index contributed by atoms with van der Waals surface area (Å²) in [5.74, 6) is 0.358. The maximum absolute atomic E-state index is 11.9. The molecule has 2 atom stereocenters. The molecule has 0 spiro atoms. The fourth-order valence-electron chi connectivity index (χ4n) is 4.57. The van der Waals surface area contributed by atoms with Gasteiger partial charge in [0.15, 0.2) is 0 Å². The molecule has 3 aromatic carbocycles. The molecule has 0 radical (unpaired) electrons. The SMILES string of the molecule is C=C(c1ccc(C(=O)OC)cc1)C(CCCCCC)C(Nc1ccc(OC)cc1)c1ccc([N+](=O)[O-])cc1. The predicted molar refractivity (Wildman–Crippen MR) is 152 cm³/mol. The van der Waals surface area contributed by atoms with E-state index in [4.69, 9.17) is 9.47 Å². The third kappa shape index (κ3) is 7.44. The van der Waals surface area contributed by atoms with E-state index in [1.165, 1.54) is 7.11 Å². The van der Waals surface area contributed by atoms with E-state index in [0.717, 1.165) is 60.2 Å². The van der Waals surface area contributed by atoms with Crippen LogP contribution in [0.5, 0.6) is 5.75 Å². The number of methoxy groups -OCH3 is 2. The number of nitro benzene ring substituents is 1. The summed E-state index contributed by atoms with van der Waals surface area (Å²) in [6.07, 6.45) is 5.29. The van der Waals surface area contributed by atoms with Gasteiger partial charge in [-0.25, -0.2) is 4.79 Å². The van der Waals surface area contributed by atoms with E-state index in [2.05, 4.69) is 18.8 Å². The number of nitro groups is 1. The molecule has 0 fully saturated rings. The first-order chi connectivity index (χ1) is 18.4. The van der Waals surface area contributed by atoms with E-state index in [1.807, 2.05) is 48.5 Å². The fraction of sp³-hybridized carbons (Fsp3) is 0.323. The maximum atomic E-state index is 11.9. The lowest BCUT2D eigenvalue weighted by atomic mass is 9.80. The lowest BCUT2D eigenvalue weighted by molar-refractivity contribution is -0.384. The number of non-ortho nitro benzene ring substituents is 1. The summed E-state index contributed by atoms with van der Waals surface area (Å²) in [6, 6.07) is 21.5. The molecule has 3 aromatic rings. The van der Waals surface area contributed by atoms with E-state index in [1.54, 1.807) is 31.4 Å². The van der Waals surface area contributed by atoms with Crippen molar-refractivity contribution in [3.8, 4) is 5.75 Å². The highest BCUT2D eigenvalue weighted by molar-refractivity contribution is 5.89. The zero-order valence-corrected chi connectivity index (χ0v) is 22.3. The molecule has 2 unspecified atom stereocenters. The summed E-state index contributed by atoms with van der Waals surface area (Å²) in [6.45, 7) is 6.68. The molecular weight excluding hydrogens is 480 g/mol. The highest BCUT2D eigenvalue weighted by Crippen LogP contribution is 2.39. The summed E-state index contributed by atoms with van der Waals surface area (Å²) < 4.78 is 10.1. The zero-order chi connectivity index (χ0) is 27.5. The average Bonchev–Trinajstić information content (AvgIpc) is 2.96. The Balaban J connectivity index is 2.01. The van der Waals surface area contributed by atoms with Crippen LogP contribution in [0.25, 0.3) is 5.57 Å². The van der Waals surface area contributed by atoms with Gasteiger partial charge < -0.3 is 14.8 Å². The van der Waals surface area contributed by atoms with Gasteiger partial charge in [0.1, 0.15) is 5.75 Å². The van der Waals surface area contributed by atoms with Crippen molar-refractivity contribution in [2.24, 2.45) is 5.92 Å². The number of hydrogen-bond acceptors (Lipinski definition) is 6. The van der Waals surface area contributed by atoms with Gasteiger partial charge in [-0.2, -0.15) is 0 Å². The second kappa shape index (κ2) is 14.0. The standard InChI is InChI=1S/C31H36N2O5/c1-5-6-7-8-9-29(22(2)23-10-12-25(13-11-23)31(34)38-4)30(24-14-18-27(19-15-24)33(35)36)32-26-16-20-28(37-3)21-17-26/h10-21,29-30,32H,2,5-9H2,1,3-4H3. The van der Waals surface area contributed by atoms with Crippen LogP contribution in [0.15, 0.2) is 79.4 Å². The Morgan fingerprint density at radius 2 is 1.55 bits per heavy atom. The largest absolute Gasteiger partial charge is 0.497 e. The van der Waals surface area contributed by atoms with Crippen LogP contribution in [0.3, 0.4) is 0 Å². The molecule has 0 amide bonds. The topological polar surface area (TPSA) is 90.7 Å². The number of anilines is 1. The van der Waals surface area contributed by atoms with E-state index in [-0.39, 0.29) is 28.5 Å². The van der Waals surface area contributed by atoms with Crippen LogP contribution in [-0.4, -0.2) is 25.1 Å². The molecular formula is C31H36N2O5. The number of rotatable bonds is 14. The molecule has 1 N–H and O–H groups in total.